The average Bonchev–Trinajstić information content (AvgIpc) is 2.82. The van der Waals surface area contributed by atoms with Crippen molar-refractivity contribution in [3.05, 3.63) is 58.5 Å². The highest BCUT2D eigenvalue weighted by Crippen LogP contribution is 2.44. The van der Waals surface area contributed by atoms with Gasteiger partial charge in [0.2, 0.25) is 0 Å². The first-order chi connectivity index (χ1) is 10.6. The highest BCUT2D eigenvalue weighted by molar-refractivity contribution is 6.38. The third-order valence-electron chi connectivity index (χ3n) is 3.87. The van der Waals surface area contributed by atoms with Gasteiger partial charge < -0.3 is 4.74 Å². The molecular formula is C17H9ClFNO2. The van der Waals surface area contributed by atoms with Crippen LogP contribution in [0, 0.1) is 5.82 Å². The van der Waals surface area contributed by atoms with Gasteiger partial charge in [-0.05, 0) is 42.0 Å². The molecule has 1 aliphatic carbocycles. The minimum atomic E-state index is -0.417. The van der Waals surface area contributed by atoms with Gasteiger partial charge in [0.25, 0.3) is 0 Å². The van der Waals surface area contributed by atoms with Gasteiger partial charge in [0.15, 0.2) is 5.78 Å². The molecule has 0 N–H and O–H groups in total. The molecule has 22 heavy (non-hydrogen) atoms. The lowest BCUT2D eigenvalue weighted by Gasteiger charge is -2.06. The molecule has 108 valence electrons. The molecule has 0 atom stereocenters. The van der Waals surface area contributed by atoms with Crippen LogP contribution in [0.5, 0.6) is 5.75 Å². The van der Waals surface area contributed by atoms with Crippen LogP contribution in [0.3, 0.4) is 0 Å². The number of rotatable bonds is 1. The van der Waals surface area contributed by atoms with Crippen molar-refractivity contribution in [2.75, 3.05) is 7.11 Å². The Morgan fingerprint density at radius 1 is 1.09 bits per heavy atom. The predicted molar refractivity (Wildman–Crippen MR) is 82.1 cm³/mol. The van der Waals surface area contributed by atoms with Crippen LogP contribution in [-0.4, -0.2) is 17.9 Å². The topological polar surface area (TPSA) is 39.2 Å². The van der Waals surface area contributed by atoms with Crippen molar-refractivity contribution in [2.45, 2.75) is 0 Å². The second-order valence-corrected chi connectivity index (χ2v) is 5.41. The van der Waals surface area contributed by atoms with E-state index in [0.29, 0.717) is 38.9 Å². The molecule has 0 radical (unpaired) electrons. The number of carbonyl (C=O) groups excluding carboxylic acids is 1. The fraction of sp³-hybridized carbons (Fsp3) is 0.0588. The number of fused-ring (bicyclic) bond motifs is 5. The minimum absolute atomic E-state index is 0.191. The average molecular weight is 314 g/mol. The van der Waals surface area contributed by atoms with Crippen molar-refractivity contribution < 1.29 is 13.9 Å². The lowest BCUT2D eigenvalue weighted by Crippen LogP contribution is -1.98. The molecule has 5 heteroatoms. The van der Waals surface area contributed by atoms with Gasteiger partial charge in [-0.25, -0.2) is 9.37 Å². The van der Waals surface area contributed by atoms with Crippen LogP contribution in [-0.2, 0) is 0 Å². The lowest BCUT2D eigenvalue weighted by molar-refractivity contribution is 0.104. The molecule has 0 bridgehead atoms. The Morgan fingerprint density at radius 2 is 1.91 bits per heavy atom. The summed E-state index contributed by atoms with van der Waals surface area (Å²) in [5.74, 6) is -0.0246. The molecule has 1 heterocycles. The van der Waals surface area contributed by atoms with Gasteiger partial charge in [0.05, 0.1) is 12.6 Å². The molecule has 0 saturated heterocycles. The molecule has 0 aliphatic heterocycles. The zero-order chi connectivity index (χ0) is 15.4. The SMILES string of the molecule is COc1ccc2c(c1)C(=O)c1c-2c(Cl)nc2ccc(F)cc12. The molecular weight excluding hydrogens is 305 g/mol. The number of hydrogen-bond donors (Lipinski definition) is 0. The minimum Gasteiger partial charge on any atom is -0.497 e. The quantitative estimate of drug-likeness (QED) is 0.493. The van der Waals surface area contributed by atoms with Gasteiger partial charge in [-0.15, -0.1) is 0 Å². The van der Waals surface area contributed by atoms with E-state index in [1.54, 1.807) is 18.2 Å². The molecule has 4 rings (SSSR count). The van der Waals surface area contributed by atoms with E-state index in [4.69, 9.17) is 16.3 Å². The van der Waals surface area contributed by atoms with Gasteiger partial charge >= 0.3 is 0 Å². The molecule has 0 unspecified atom stereocenters. The number of hydrogen-bond acceptors (Lipinski definition) is 3. The van der Waals surface area contributed by atoms with Crippen molar-refractivity contribution in [3.63, 3.8) is 0 Å². The summed E-state index contributed by atoms with van der Waals surface area (Å²) in [5.41, 5.74) is 2.65. The van der Waals surface area contributed by atoms with Gasteiger partial charge in [0, 0.05) is 22.1 Å². The Balaban J connectivity index is 2.12. The standard InChI is InChI=1S/C17H9ClFNO2/c1-22-9-3-4-10-11(7-9)16(21)14-12-6-8(19)2-5-13(12)20-17(18)15(10)14/h2-7H,1H3. The normalized spacial score (nSPS) is 12.4. The van der Waals surface area contributed by atoms with E-state index in [1.807, 2.05) is 0 Å². The molecule has 3 aromatic rings. The van der Waals surface area contributed by atoms with Crippen LogP contribution < -0.4 is 4.74 Å². The molecule has 3 nitrogen and oxygen atoms in total. The van der Waals surface area contributed by atoms with Crippen molar-refractivity contribution in [1.82, 2.24) is 4.98 Å². The Kier molecular flexibility index (Phi) is 2.71. The molecule has 2 aromatic carbocycles. The summed E-state index contributed by atoms with van der Waals surface area (Å²) in [4.78, 5) is 17.0. The van der Waals surface area contributed by atoms with Gasteiger partial charge in [-0.3, -0.25) is 4.79 Å². The second kappa shape index (κ2) is 4.52. The Bertz CT molecular complexity index is 969. The highest BCUT2D eigenvalue weighted by atomic mass is 35.5. The van der Waals surface area contributed by atoms with Crippen molar-refractivity contribution in [2.24, 2.45) is 0 Å². The summed E-state index contributed by atoms with van der Waals surface area (Å²) >= 11 is 6.27. The molecule has 0 fully saturated rings. The smallest absolute Gasteiger partial charge is 0.195 e. The van der Waals surface area contributed by atoms with Gasteiger partial charge in [-0.1, -0.05) is 11.6 Å². The number of nitrogens with zero attached hydrogens (tertiary/aromatic N) is 1. The Labute approximate surface area is 130 Å². The summed E-state index contributed by atoms with van der Waals surface area (Å²) in [5, 5.41) is 0.714. The first-order valence-electron chi connectivity index (χ1n) is 6.62. The molecule has 1 aromatic heterocycles. The summed E-state index contributed by atoms with van der Waals surface area (Å²) in [6, 6.07) is 9.34. The number of aromatic nitrogens is 1. The van der Waals surface area contributed by atoms with Crippen molar-refractivity contribution in [1.29, 1.82) is 0 Å². The van der Waals surface area contributed by atoms with Crippen LogP contribution in [0.25, 0.3) is 22.0 Å². The number of carbonyl (C=O) groups is 1. The Morgan fingerprint density at radius 3 is 2.68 bits per heavy atom. The number of benzene rings is 2. The number of methoxy groups -OCH3 is 1. The van der Waals surface area contributed by atoms with Crippen LogP contribution in [0.1, 0.15) is 15.9 Å². The van der Waals surface area contributed by atoms with E-state index < -0.39 is 5.82 Å². The number of halogens is 2. The third kappa shape index (κ3) is 1.67. The first-order valence-corrected chi connectivity index (χ1v) is 7.00. The lowest BCUT2D eigenvalue weighted by atomic mass is 10.0. The van der Waals surface area contributed by atoms with E-state index in [1.165, 1.54) is 25.3 Å². The highest BCUT2D eigenvalue weighted by Gasteiger charge is 2.32. The summed E-state index contributed by atoms with van der Waals surface area (Å²) in [6.07, 6.45) is 0. The summed E-state index contributed by atoms with van der Waals surface area (Å²) < 4.78 is 18.8. The summed E-state index contributed by atoms with van der Waals surface area (Å²) in [6.45, 7) is 0. The van der Waals surface area contributed by atoms with Gasteiger partial charge in [-0.2, -0.15) is 0 Å². The van der Waals surface area contributed by atoms with E-state index in [9.17, 15) is 9.18 Å². The zero-order valence-electron chi connectivity index (χ0n) is 11.5. The van der Waals surface area contributed by atoms with E-state index in [0.717, 1.165) is 0 Å². The first kappa shape index (κ1) is 13.2. The van der Waals surface area contributed by atoms with E-state index in [2.05, 4.69) is 4.98 Å². The summed E-state index contributed by atoms with van der Waals surface area (Å²) in [7, 11) is 1.54. The predicted octanol–water partition coefficient (Wildman–Crippen LogP) is 4.25. The third-order valence-corrected chi connectivity index (χ3v) is 4.14. The number of ether oxygens (including phenoxy) is 1. The fourth-order valence-corrected chi connectivity index (χ4v) is 3.17. The van der Waals surface area contributed by atoms with Crippen LogP contribution in [0.2, 0.25) is 5.15 Å². The molecule has 0 spiro atoms. The van der Waals surface area contributed by atoms with Gasteiger partial charge in [0.1, 0.15) is 16.7 Å². The van der Waals surface area contributed by atoms with E-state index >= 15 is 0 Å². The van der Waals surface area contributed by atoms with E-state index in [-0.39, 0.29) is 10.9 Å². The van der Waals surface area contributed by atoms with Crippen LogP contribution in [0.15, 0.2) is 36.4 Å². The monoisotopic (exact) mass is 313 g/mol. The largest absolute Gasteiger partial charge is 0.497 e. The molecule has 0 amide bonds. The molecule has 0 saturated carbocycles. The second-order valence-electron chi connectivity index (χ2n) is 5.05. The maximum Gasteiger partial charge on any atom is 0.195 e. The Hall–Kier alpha value is -2.46. The number of pyridine rings is 1. The number of ketones is 1. The zero-order valence-corrected chi connectivity index (χ0v) is 12.2. The maximum atomic E-state index is 13.6. The van der Waals surface area contributed by atoms with Crippen molar-refractivity contribution in [3.8, 4) is 16.9 Å². The maximum absolute atomic E-state index is 13.6. The van der Waals surface area contributed by atoms with Crippen LogP contribution in [0.4, 0.5) is 4.39 Å². The van der Waals surface area contributed by atoms with Crippen molar-refractivity contribution >= 4 is 28.3 Å². The fourth-order valence-electron chi connectivity index (χ4n) is 2.88. The van der Waals surface area contributed by atoms with Crippen LogP contribution >= 0.6 is 11.6 Å². The molecule has 1 aliphatic rings.